The minimum absolute atomic E-state index is 0.0737. The van der Waals surface area contributed by atoms with Gasteiger partial charge in [0.15, 0.2) is 0 Å². The number of hydrogen-bond donors (Lipinski definition) is 1. The first kappa shape index (κ1) is 24.4. The van der Waals surface area contributed by atoms with E-state index in [0.29, 0.717) is 56.1 Å². The van der Waals surface area contributed by atoms with E-state index in [9.17, 15) is 19.2 Å². The van der Waals surface area contributed by atoms with E-state index in [-0.39, 0.29) is 22.3 Å². The van der Waals surface area contributed by atoms with Crippen LogP contribution in [-0.4, -0.2) is 61.5 Å². The van der Waals surface area contributed by atoms with Crippen LogP contribution < -0.4 is 10.2 Å². The Bertz CT molecular complexity index is 1170. The molecule has 0 bridgehead atoms. The van der Waals surface area contributed by atoms with Crippen LogP contribution in [-0.2, 0) is 19.1 Å². The number of nitrogens with one attached hydrogen (secondary N) is 1. The Kier molecular flexibility index (Phi) is 7.48. The van der Waals surface area contributed by atoms with E-state index in [1.54, 1.807) is 29.2 Å². The van der Waals surface area contributed by atoms with Crippen molar-refractivity contribution in [2.75, 3.05) is 43.1 Å². The number of carbonyl (C=O) groups is 4. The van der Waals surface area contributed by atoms with Gasteiger partial charge in [0.05, 0.1) is 31.1 Å². The van der Waals surface area contributed by atoms with E-state index >= 15 is 0 Å². The largest absolute Gasteiger partial charge is 0.462 e. The summed E-state index contributed by atoms with van der Waals surface area (Å²) in [6, 6.07) is 12.5. The van der Waals surface area contributed by atoms with Gasteiger partial charge < -0.3 is 19.7 Å². The number of esters is 1. The van der Waals surface area contributed by atoms with E-state index in [2.05, 4.69) is 5.32 Å². The SMILES string of the molecule is CCCOC(=O)c1ccc(N2C(=O)C(Cl)=C(Nc3ccc(C(=O)N4CCOCC4)cc3)C2=O)cc1. The summed E-state index contributed by atoms with van der Waals surface area (Å²) in [5.41, 5.74) is 1.51. The average molecular weight is 498 g/mol. The number of nitrogens with zero attached hydrogens (tertiary/aromatic N) is 2. The van der Waals surface area contributed by atoms with Gasteiger partial charge in [-0.25, -0.2) is 9.69 Å². The van der Waals surface area contributed by atoms with Crippen molar-refractivity contribution >= 4 is 46.7 Å². The lowest BCUT2D eigenvalue weighted by Crippen LogP contribution is -2.40. The number of hydrogen-bond acceptors (Lipinski definition) is 7. The van der Waals surface area contributed by atoms with Gasteiger partial charge in [0, 0.05) is 24.3 Å². The van der Waals surface area contributed by atoms with Crippen LogP contribution in [0.5, 0.6) is 0 Å². The van der Waals surface area contributed by atoms with Crippen molar-refractivity contribution in [3.05, 3.63) is 70.4 Å². The van der Waals surface area contributed by atoms with Gasteiger partial charge in [-0.2, -0.15) is 0 Å². The molecule has 0 aromatic heterocycles. The maximum atomic E-state index is 13.0. The third-order valence-corrected chi connectivity index (χ3v) is 5.88. The quantitative estimate of drug-likeness (QED) is 0.462. The number of anilines is 2. The molecule has 1 fully saturated rings. The fourth-order valence-corrected chi connectivity index (χ4v) is 3.87. The molecule has 0 aliphatic carbocycles. The Balaban J connectivity index is 1.45. The Morgan fingerprint density at radius 3 is 2.23 bits per heavy atom. The predicted octanol–water partition coefficient (Wildman–Crippen LogP) is 3.16. The maximum Gasteiger partial charge on any atom is 0.338 e. The summed E-state index contributed by atoms with van der Waals surface area (Å²) < 4.78 is 10.4. The van der Waals surface area contributed by atoms with Crippen molar-refractivity contribution in [2.45, 2.75) is 13.3 Å². The molecule has 2 aliphatic rings. The first-order valence-corrected chi connectivity index (χ1v) is 11.6. The van der Waals surface area contributed by atoms with Crippen molar-refractivity contribution in [2.24, 2.45) is 0 Å². The lowest BCUT2D eigenvalue weighted by atomic mass is 10.1. The molecule has 2 aliphatic heterocycles. The van der Waals surface area contributed by atoms with E-state index < -0.39 is 17.8 Å². The summed E-state index contributed by atoms with van der Waals surface area (Å²) in [6.07, 6.45) is 0.702. The molecular weight excluding hydrogens is 474 g/mol. The molecule has 1 saturated heterocycles. The molecule has 0 radical (unpaired) electrons. The van der Waals surface area contributed by atoms with Gasteiger partial charge in [-0.3, -0.25) is 14.4 Å². The third kappa shape index (κ3) is 5.21. The summed E-state index contributed by atoms with van der Waals surface area (Å²) in [7, 11) is 0. The van der Waals surface area contributed by atoms with Gasteiger partial charge in [0.25, 0.3) is 17.7 Å². The van der Waals surface area contributed by atoms with E-state index in [0.717, 1.165) is 4.90 Å². The minimum atomic E-state index is -0.681. The normalized spacial score (nSPS) is 16.1. The van der Waals surface area contributed by atoms with Crippen molar-refractivity contribution in [1.29, 1.82) is 0 Å². The number of carbonyl (C=O) groups excluding carboxylic acids is 4. The fraction of sp³-hybridized carbons (Fsp3) is 0.280. The summed E-state index contributed by atoms with van der Waals surface area (Å²) >= 11 is 6.20. The highest BCUT2D eigenvalue weighted by Crippen LogP contribution is 2.30. The van der Waals surface area contributed by atoms with Crippen LogP contribution in [0.2, 0.25) is 0 Å². The number of imide groups is 1. The van der Waals surface area contributed by atoms with Crippen molar-refractivity contribution in [1.82, 2.24) is 4.90 Å². The number of halogens is 1. The molecule has 0 spiro atoms. The van der Waals surface area contributed by atoms with Gasteiger partial charge in [-0.05, 0) is 55.0 Å². The van der Waals surface area contributed by atoms with Gasteiger partial charge >= 0.3 is 5.97 Å². The lowest BCUT2D eigenvalue weighted by molar-refractivity contribution is -0.120. The van der Waals surface area contributed by atoms with Crippen molar-refractivity contribution in [3.8, 4) is 0 Å². The standard InChI is InChI=1S/C25H24ClN3O6/c1-2-13-35-25(33)17-5-9-19(10-6-17)29-23(31)20(26)21(24(29)32)27-18-7-3-16(4-8-18)22(30)28-11-14-34-15-12-28/h3-10,27H,2,11-15H2,1H3. The van der Waals surface area contributed by atoms with Gasteiger partial charge in [-0.1, -0.05) is 18.5 Å². The zero-order chi connectivity index (χ0) is 24.9. The second-order valence-corrected chi connectivity index (χ2v) is 8.30. The molecular formula is C25H24ClN3O6. The van der Waals surface area contributed by atoms with Gasteiger partial charge in [0.2, 0.25) is 0 Å². The zero-order valence-electron chi connectivity index (χ0n) is 19.1. The van der Waals surface area contributed by atoms with E-state index in [4.69, 9.17) is 21.1 Å². The summed E-state index contributed by atoms with van der Waals surface area (Å²) in [6.45, 7) is 4.29. The van der Waals surface area contributed by atoms with E-state index in [1.165, 1.54) is 24.3 Å². The first-order valence-electron chi connectivity index (χ1n) is 11.2. The van der Waals surface area contributed by atoms with Crippen LogP contribution in [0.1, 0.15) is 34.1 Å². The summed E-state index contributed by atoms with van der Waals surface area (Å²) in [4.78, 5) is 53.0. The smallest absolute Gasteiger partial charge is 0.338 e. The number of rotatable bonds is 7. The summed E-state index contributed by atoms with van der Waals surface area (Å²) in [5.74, 6) is -1.89. The predicted molar refractivity (Wildman–Crippen MR) is 129 cm³/mol. The number of benzene rings is 2. The minimum Gasteiger partial charge on any atom is -0.462 e. The molecule has 0 atom stereocenters. The van der Waals surface area contributed by atoms with Crippen LogP contribution in [0, 0.1) is 0 Å². The van der Waals surface area contributed by atoms with Crippen LogP contribution in [0.3, 0.4) is 0 Å². The van der Waals surface area contributed by atoms with Crippen LogP contribution in [0.4, 0.5) is 11.4 Å². The monoisotopic (exact) mass is 497 g/mol. The number of morpholine rings is 1. The van der Waals surface area contributed by atoms with Crippen LogP contribution >= 0.6 is 11.6 Å². The molecule has 0 saturated carbocycles. The molecule has 2 aromatic carbocycles. The Hall–Kier alpha value is -3.69. The Labute approximate surface area is 207 Å². The molecule has 3 amide bonds. The molecule has 9 nitrogen and oxygen atoms in total. The highest BCUT2D eigenvalue weighted by molar-refractivity contribution is 6.53. The Morgan fingerprint density at radius 1 is 0.971 bits per heavy atom. The molecule has 10 heteroatoms. The molecule has 35 heavy (non-hydrogen) atoms. The fourth-order valence-electron chi connectivity index (χ4n) is 3.66. The Morgan fingerprint density at radius 2 is 1.60 bits per heavy atom. The molecule has 0 unspecified atom stereocenters. The second kappa shape index (κ2) is 10.7. The van der Waals surface area contributed by atoms with Crippen LogP contribution in [0.15, 0.2) is 59.3 Å². The van der Waals surface area contributed by atoms with Gasteiger partial charge in [-0.15, -0.1) is 0 Å². The average Bonchev–Trinajstić information content (AvgIpc) is 3.10. The summed E-state index contributed by atoms with van der Waals surface area (Å²) in [5, 5.41) is 2.63. The second-order valence-electron chi connectivity index (χ2n) is 7.92. The highest BCUT2D eigenvalue weighted by atomic mass is 35.5. The molecule has 4 rings (SSSR count). The lowest BCUT2D eigenvalue weighted by Gasteiger charge is -2.26. The van der Waals surface area contributed by atoms with Crippen molar-refractivity contribution < 1.29 is 28.7 Å². The third-order valence-electron chi connectivity index (χ3n) is 5.53. The molecule has 1 N–H and O–H groups in total. The van der Waals surface area contributed by atoms with Crippen LogP contribution in [0.25, 0.3) is 0 Å². The van der Waals surface area contributed by atoms with Gasteiger partial charge in [0.1, 0.15) is 10.7 Å². The number of ether oxygens (including phenoxy) is 2. The molecule has 2 aromatic rings. The zero-order valence-corrected chi connectivity index (χ0v) is 19.8. The topological polar surface area (TPSA) is 105 Å². The number of amides is 3. The maximum absolute atomic E-state index is 13.0. The van der Waals surface area contributed by atoms with Crippen molar-refractivity contribution in [3.63, 3.8) is 0 Å². The first-order chi connectivity index (χ1) is 16.9. The highest BCUT2D eigenvalue weighted by Gasteiger charge is 2.39. The molecule has 182 valence electrons. The molecule has 2 heterocycles. The van der Waals surface area contributed by atoms with E-state index in [1.807, 2.05) is 6.92 Å².